The highest BCUT2D eigenvalue weighted by molar-refractivity contribution is 5.92. The van der Waals surface area contributed by atoms with Crippen molar-refractivity contribution >= 4 is 29.9 Å². The number of anilines is 1. The number of likely N-dealkylation sites (tertiary alicyclic amines) is 1. The molecule has 0 saturated carbocycles. The minimum atomic E-state index is 0. The van der Waals surface area contributed by atoms with Gasteiger partial charge in [-0.05, 0) is 50.9 Å². The molecule has 0 unspecified atom stereocenters. The Balaban J connectivity index is 0.00000225. The lowest BCUT2D eigenvalue weighted by molar-refractivity contribution is -0.132. The summed E-state index contributed by atoms with van der Waals surface area (Å²) in [5.41, 5.74) is 0.713. The molecule has 6 nitrogen and oxygen atoms in total. The quantitative estimate of drug-likeness (QED) is 0.835. The van der Waals surface area contributed by atoms with E-state index in [1.54, 1.807) is 12.1 Å². The molecule has 2 amide bonds. The molecule has 2 fully saturated rings. The smallest absolute Gasteiger partial charge is 0.260 e. The summed E-state index contributed by atoms with van der Waals surface area (Å²) in [4.78, 5) is 26.1. The lowest BCUT2D eigenvalue weighted by Gasteiger charge is -2.22. The van der Waals surface area contributed by atoms with Crippen LogP contribution in [-0.4, -0.2) is 49.5 Å². The first kappa shape index (κ1) is 19.5. The summed E-state index contributed by atoms with van der Waals surface area (Å²) in [7, 11) is 0. The Labute approximate surface area is 154 Å². The normalized spacial score (nSPS) is 17.7. The zero-order valence-corrected chi connectivity index (χ0v) is 15.1. The van der Waals surface area contributed by atoms with Crippen LogP contribution in [0.4, 0.5) is 5.69 Å². The maximum absolute atomic E-state index is 12.3. The Kier molecular flexibility index (Phi) is 7.52. The molecular formula is C18H26ClN3O3. The van der Waals surface area contributed by atoms with Gasteiger partial charge >= 0.3 is 0 Å². The van der Waals surface area contributed by atoms with Gasteiger partial charge in [-0.3, -0.25) is 9.59 Å². The van der Waals surface area contributed by atoms with Crippen molar-refractivity contribution in [1.29, 1.82) is 0 Å². The van der Waals surface area contributed by atoms with E-state index >= 15 is 0 Å². The van der Waals surface area contributed by atoms with Gasteiger partial charge in [0.2, 0.25) is 5.91 Å². The topological polar surface area (TPSA) is 70.7 Å². The third-order valence-corrected chi connectivity index (χ3v) is 4.63. The Morgan fingerprint density at radius 1 is 1.20 bits per heavy atom. The second-order valence-electron chi connectivity index (χ2n) is 6.42. The number of rotatable bonds is 5. The summed E-state index contributed by atoms with van der Waals surface area (Å²) in [6.07, 6.45) is 3.88. The highest BCUT2D eigenvalue weighted by atomic mass is 35.5. The Morgan fingerprint density at radius 2 is 1.92 bits per heavy atom. The van der Waals surface area contributed by atoms with Gasteiger partial charge in [-0.1, -0.05) is 6.07 Å². The number of hydrogen-bond donors (Lipinski definition) is 2. The monoisotopic (exact) mass is 367 g/mol. The van der Waals surface area contributed by atoms with Crippen molar-refractivity contribution in [3.8, 4) is 5.75 Å². The number of nitrogens with one attached hydrogen (secondary N) is 2. The molecule has 0 spiro atoms. The van der Waals surface area contributed by atoms with Crippen molar-refractivity contribution < 1.29 is 14.3 Å². The van der Waals surface area contributed by atoms with E-state index in [2.05, 4.69) is 10.6 Å². The third-order valence-electron chi connectivity index (χ3n) is 4.63. The highest BCUT2D eigenvalue weighted by Gasteiger charge is 2.21. The molecule has 7 heteroatoms. The number of amides is 2. The Morgan fingerprint density at radius 3 is 2.64 bits per heavy atom. The van der Waals surface area contributed by atoms with Crippen molar-refractivity contribution in [2.24, 2.45) is 5.92 Å². The van der Waals surface area contributed by atoms with Gasteiger partial charge in [0.05, 0.1) is 0 Å². The number of piperidine rings is 1. The third kappa shape index (κ3) is 5.61. The van der Waals surface area contributed by atoms with Gasteiger partial charge in [-0.2, -0.15) is 0 Å². The molecule has 2 aliphatic heterocycles. The fraction of sp³-hybridized carbons (Fsp3) is 0.556. The van der Waals surface area contributed by atoms with Crippen LogP contribution in [0.25, 0.3) is 0 Å². The minimum absolute atomic E-state index is 0. The van der Waals surface area contributed by atoms with Gasteiger partial charge < -0.3 is 20.3 Å². The first-order valence-electron chi connectivity index (χ1n) is 8.74. The van der Waals surface area contributed by atoms with E-state index in [0.29, 0.717) is 11.4 Å². The average molecular weight is 368 g/mol. The highest BCUT2D eigenvalue weighted by Crippen LogP contribution is 2.20. The minimum Gasteiger partial charge on any atom is -0.484 e. The first-order chi connectivity index (χ1) is 11.7. The fourth-order valence-corrected chi connectivity index (χ4v) is 3.19. The molecule has 0 aliphatic carbocycles. The summed E-state index contributed by atoms with van der Waals surface area (Å²) in [5.74, 6) is 0.747. The molecule has 0 aromatic heterocycles. The van der Waals surface area contributed by atoms with Gasteiger partial charge in [-0.15, -0.1) is 12.4 Å². The van der Waals surface area contributed by atoms with Gasteiger partial charge in [0, 0.05) is 30.8 Å². The molecule has 0 radical (unpaired) electrons. The number of hydrogen-bond acceptors (Lipinski definition) is 4. The molecular weight excluding hydrogens is 342 g/mol. The second kappa shape index (κ2) is 9.63. The Hall–Kier alpha value is -1.79. The summed E-state index contributed by atoms with van der Waals surface area (Å²) < 4.78 is 5.60. The van der Waals surface area contributed by atoms with Gasteiger partial charge in [0.25, 0.3) is 5.91 Å². The van der Waals surface area contributed by atoms with Crippen LogP contribution in [0, 0.1) is 5.92 Å². The summed E-state index contributed by atoms with van der Waals surface area (Å²) >= 11 is 0. The molecule has 138 valence electrons. The zero-order valence-electron chi connectivity index (χ0n) is 14.3. The van der Waals surface area contributed by atoms with E-state index in [0.717, 1.165) is 51.9 Å². The largest absolute Gasteiger partial charge is 0.484 e. The SMILES string of the molecule is Cl.O=C(Nc1cccc(OCC(=O)N2CCCC2)c1)C1CCNCC1. The van der Waals surface area contributed by atoms with E-state index in [-0.39, 0.29) is 36.7 Å². The molecule has 3 rings (SSSR count). The molecule has 2 heterocycles. The summed E-state index contributed by atoms with van der Waals surface area (Å²) in [6, 6.07) is 7.25. The molecule has 0 atom stereocenters. The lowest BCUT2D eigenvalue weighted by atomic mass is 9.97. The number of halogens is 1. The molecule has 25 heavy (non-hydrogen) atoms. The van der Waals surface area contributed by atoms with Crippen molar-refractivity contribution in [3.63, 3.8) is 0 Å². The first-order valence-corrected chi connectivity index (χ1v) is 8.74. The maximum atomic E-state index is 12.3. The van der Waals surface area contributed by atoms with Crippen LogP contribution in [-0.2, 0) is 9.59 Å². The average Bonchev–Trinajstić information content (AvgIpc) is 3.15. The van der Waals surface area contributed by atoms with Crippen LogP contribution in [0.5, 0.6) is 5.75 Å². The van der Waals surface area contributed by atoms with Crippen LogP contribution in [0.15, 0.2) is 24.3 Å². The van der Waals surface area contributed by atoms with E-state index in [9.17, 15) is 9.59 Å². The van der Waals surface area contributed by atoms with E-state index in [1.165, 1.54) is 0 Å². The standard InChI is InChI=1S/C18H25N3O3.ClH/c22-17(21-10-1-2-11-21)13-24-16-5-3-4-15(12-16)20-18(23)14-6-8-19-9-7-14;/h3-5,12,14,19H,1-2,6-11,13H2,(H,20,23);1H. The number of carbonyl (C=O) groups excluding carboxylic acids is 2. The van der Waals surface area contributed by atoms with Crippen molar-refractivity contribution in [3.05, 3.63) is 24.3 Å². The molecule has 2 N–H and O–H groups in total. The van der Waals surface area contributed by atoms with Gasteiger partial charge in [0.1, 0.15) is 5.75 Å². The molecule has 1 aromatic rings. The number of benzene rings is 1. The second-order valence-corrected chi connectivity index (χ2v) is 6.42. The molecule has 1 aromatic carbocycles. The predicted octanol–water partition coefficient (Wildman–Crippen LogP) is 2.05. The van der Waals surface area contributed by atoms with Crippen molar-refractivity contribution in [2.45, 2.75) is 25.7 Å². The van der Waals surface area contributed by atoms with E-state index < -0.39 is 0 Å². The van der Waals surface area contributed by atoms with Crippen LogP contribution >= 0.6 is 12.4 Å². The van der Waals surface area contributed by atoms with Crippen LogP contribution in [0.3, 0.4) is 0 Å². The number of nitrogens with zero attached hydrogens (tertiary/aromatic N) is 1. The molecule has 2 aliphatic rings. The van der Waals surface area contributed by atoms with Gasteiger partial charge in [-0.25, -0.2) is 0 Å². The predicted molar refractivity (Wildman–Crippen MR) is 99.2 cm³/mol. The van der Waals surface area contributed by atoms with Crippen molar-refractivity contribution in [1.82, 2.24) is 10.2 Å². The van der Waals surface area contributed by atoms with Crippen LogP contribution in [0.1, 0.15) is 25.7 Å². The zero-order chi connectivity index (χ0) is 16.8. The summed E-state index contributed by atoms with van der Waals surface area (Å²) in [5, 5.41) is 6.21. The van der Waals surface area contributed by atoms with Gasteiger partial charge in [0.15, 0.2) is 6.61 Å². The van der Waals surface area contributed by atoms with E-state index in [1.807, 2.05) is 17.0 Å². The number of carbonyl (C=O) groups is 2. The van der Waals surface area contributed by atoms with Crippen LogP contribution < -0.4 is 15.4 Å². The van der Waals surface area contributed by atoms with E-state index in [4.69, 9.17) is 4.74 Å². The number of ether oxygens (including phenoxy) is 1. The lowest BCUT2D eigenvalue weighted by Crippen LogP contribution is -2.34. The molecule has 0 bridgehead atoms. The Bertz CT molecular complexity index is 585. The van der Waals surface area contributed by atoms with Crippen molar-refractivity contribution in [2.75, 3.05) is 38.1 Å². The maximum Gasteiger partial charge on any atom is 0.260 e. The van der Waals surface area contributed by atoms with Crippen LogP contribution in [0.2, 0.25) is 0 Å². The molecule has 2 saturated heterocycles. The fourth-order valence-electron chi connectivity index (χ4n) is 3.19. The summed E-state index contributed by atoms with van der Waals surface area (Å²) in [6.45, 7) is 3.48.